The molecule has 4 nitrogen and oxygen atoms in total. The van der Waals surface area contributed by atoms with Gasteiger partial charge >= 0.3 is 18.4 Å². The van der Waals surface area contributed by atoms with Crippen molar-refractivity contribution in [1.29, 1.82) is 0 Å². The molecule has 10 heteroatoms. The number of anilines is 1. The second-order valence-electron chi connectivity index (χ2n) is 5.10. The highest BCUT2D eigenvalue weighted by Crippen LogP contribution is 2.50. The van der Waals surface area contributed by atoms with Crippen LogP contribution in [-0.4, -0.2) is 37.1 Å². The number of amides is 2. The zero-order valence-electron chi connectivity index (χ0n) is 13.0. The lowest BCUT2D eigenvalue weighted by atomic mass is 9.90. The van der Waals surface area contributed by atoms with Crippen molar-refractivity contribution in [3.8, 4) is 0 Å². The summed E-state index contributed by atoms with van der Waals surface area (Å²) in [4.78, 5) is 12.7. The summed E-state index contributed by atoms with van der Waals surface area (Å²) in [6.45, 7) is 3.18. The third-order valence-corrected chi connectivity index (χ3v) is 3.43. The topological polar surface area (TPSA) is 52.6 Å². The van der Waals surface area contributed by atoms with Crippen molar-refractivity contribution in [2.24, 2.45) is 0 Å². The van der Waals surface area contributed by atoms with E-state index in [1.54, 1.807) is 6.92 Å². The first kappa shape index (κ1) is 20.1. The Morgan fingerprint density at radius 3 is 2.04 bits per heavy atom. The van der Waals surface area contributed by atoms with Gasteiger partial charge in [0.1, 0.15) is 0 Å². The van der Waals surface area contributed by atoms with Gasteiger partial charge in [0, 0.05) is 24.8 Å². The molecule has 0 unspecified atom stereocenters. The smallest absolute Gasteiger partial charge is 0.369 e. The van der Waals surface area contributed by atoms with E-state index in [2.05, 4.69) is 5.32 Å². The fourth-order valence-corrected chi connectivity index (χ4v) is 2.12. The molecule has 0 aromatic heterocycles. The van der Waals surface area contributed by atoms with Crippen molar-refractivity contribution in [3.63, 3.8) is 0 Å². The molecule has 1 aromatic rings. The van der Waals surface area contributed by atoms with Crippen LogP contribution in [0, 0.1) is 6.92 Å². The van der Waals surface area contributed by atoms with Crippen molar-refractivity contribution < 1.29 is 36.2 Å². The molecule has 0 aliphatic heterocycles. The van der Waals surface area contributed by atoms with Crippen molar-refractivity contribution in [3.05, 3.63) is 29.3 Å². The highest BCUT2D eigenvalue weighted by atomic mass is 19.4. The monoisotopic (exact) mass is 358 g/mol. The predicted octanol–water partition coefficient (Wildman–Crippen LogP) is 3.47. The van der Waals surface area contributed by atoms with Crippen molar-refractivity contribution in [1.82, 2.24) is 5.32 Å². The Bertz CT molecular complexity index is 598. The maximum atomic E-state index is 12.9. The summed E-state index contributed by atoms with van der Waals surface area (Å²) in [5.41, 5.74) is -6.29. The number of benzene rings is 1. The summed E-state index contributed by atoms with van der Waals surface area (Å²) in [5.74, 6) is 0. The van der Waals surface area contributed by atoms with E-state index in [9.17, 15) is 36.2 Å². The molecule has 0 aliphatic rings. The Morgan fingerprint density at radius 1 is 1.17 bits per heavy atom. The van der Waals surface area contributed by atoms with Crippen LogP contribution >= 0.6 is 0 Å². The lowest BCUT2D eigenvalue weighted by Gasteiger charge is -2.33. The van der Waals surface area contributed by atoms with E-state index >= 15 is 0 Å². The Balaban J connectivity index is 3.39. The summed E-state index contributed by atoms with van der Waals surface area (Å²) in [7, 11) is 1.31. The molecular weight excluding hydrogens is 342 g/mol. The molecule has 0 aliphatic carbocycles. The van der Waals surface area contributed by atoms with Crippen LogP contribution < -0.4 is 10.2 Å². The Hall–Kier alpha value is -1.97. The maximum Gasteiger partial charge on any atom is 0.430 e. The van der Waals surface area contributed by atoms with Crippen molar-refractivity contribution >= 4 is 11.7 Å². The van der Waals surface area contributed by atoms with Crippen LogP contribution in [0.15, 0.2) is 18.2 Å². The van der Waals surface area contributed by atoms with Crippen molar-refractivity contribution in [2.75, 3.05) is 18.5 Å². The van der Waals surface area contributed by atoms with Gasteiger partial charge in [-0.3, -0.25) is 4.90 Å². The number of hydrogen-bond donors (Lipinski definition) is 2. The van der Waals surface area contributed by atoms with Crippen LogP contribution in [-0.2, 0) is 5.60 Å². The third-order valence-electron chi connectivity index (χ3n) is 3.43. The molecule has 0 saturated heterocycles. The Labute approximate surface area is 134 Å². The average Bonchev–Trinajstić information content (AvgIpc) is 2.43. The normalized spacial score (nSPS) is 12.9. The molecule has 1 aromatic carbocycles. The number of urea groups is 1. The van der Waals surface area contributed by atoms with E-state index < -0.39 is 29.5 Å². The number of alkyl halides is 6. The van der Waals surface area contributed by atoms with Crippen LogP contribution in [0.5, 0.6) is 0 Å². The van der Waals surface area contributed by atoms with Gasteiger partial charge in [0.05, 0.1) is 0 Å². The van der Waals surface area contributed by atoms with E-state index in [4.69, 9.17) is 0 Å². The van der Waals surface area contributed by atoms with Gasteiger partial charge in [-0.2, -0.15) is 26.3 Å². The fourth-order valence-electron chi connectivity index (χ4n) is 2.12. The fraction of sp³-hybridized carbons (Fsp3) is 0.500. The third kappa shape index (κ3) is 3.42. The van der Waals surface area contributed by atoms with Gasteiger partial charge in [-0.25, -0.2) is 4.79 Å². The molecule has 24 heavy (non-hydrogen) atoms. The van der Waals surface area contributed by atoms with Crippen LogP contribution in [0.2, 0.25) is 0 Å². The SMILES string of the molecule is CCNC(=O)N(C)c1ccc(C(O)(C(F)(F)F)C(F)(F)F)cc1C. The molecule has 2 N–H and O–H groups in total. The first-order chi connectivity index (χ1) is 10.8. The first-order valence-corrected chi connectivity index (χ1v) is 6.75. The molecule has 0 spiro atoms. The van der Waals surface area contributed by atoms with E-state index in [1.807, 2.05) is 0 Å². The molecule has 1 rings (SSSR count). The standard InChI is InChI=1S/C14H16F6N2O2/c1-4-21-11(23)22(3)10-6-5-9(7-8(10)2)12(24,13(15,16)17)14(18,19)20/h5-7,24H,4H2,1-3H3,(H,21,23). The van der Waals surface area contributed by atoms with Crippen molar-refractivity contribution in [2.45, 2.75) is 31.8 Å². The zero-order valence-corrected chi connectivity index (χ0v) is 13.0. The van der Waals surface area contributed by atoms with Crippen LogP contribution in [0.1, 0.15) is 18.1 Å². The lowest BCUT2D eigenvalue weighted by molar-refractivity contribution is -0.376. The molecule has 0 heterocycles. The van der Waals surface area contributed by atoms with Gasteiger partial charge in [-0.15, -0.1) is 0 Å². The number of carbonyl (C=O) groups excluding carboxylic acids is 1. The summed E-state index contributed by atoms with van der Waals surface area (Å²) < 4.78 is 77.2. The van der Waals surface area contributed by atoms with Gasteiger partial charge in [0.2, 0.25) is 0 Å². The summed E-state index contributed by atoms with van der Waals surface area (Å²) in [6.07, 6.45) is -11.9. The summed E-state index contributed by atoms with van der Waals surface area (Å²) >= 11 is 0. The van der Waals surface area contributed by atoms with Crippen LogP contribution in [0.25, 0.3) is 0 Å². The number of hydrogen-bond acceptors (Lipinski definition) is 2. The van der Waals surface area contributed by atoms with Gasteiger partial charge in [0.25, 0.3) is 5.60 Å². The number of carbonyl (C=O) groups is 1. The van der Waals surface area contributed by atoms with Gasteiger partial charge in [-0.05, 0) is 25.5 Å². The number of aryl methyl sites for hydroxylation is 1. The minimum atomic E-state index is -5.95. The minimum Gasteiger partial charge on any atom is -0.369 e. The minimum absolute atomic E-state index is 0.0341. The zero-order chi connectivity index (χ0) is 18.9. The molecular formula is C14H16F6N2O2. The molecule has 136 valence electrons. The average molecular weight is 358 g/mol. The molecule has 0 fully saturated rings. The quantitative estimate of drug-likeness (QED) is 0.813. The highest BCUT2D eigenvalue weighted by Gasteiger charge is 2.71. The number of aliphatic hydroxyl groups is 1. The molecule has 0 bridgehead atoms. The van der Waals surface area contributed by atoms with Gasteiger partial charge in [0.15, 0.2) is 0 Å². The van der Waals surface area contributed by atoms with E-state index in [0.29, 0.717) is 18.7 Å². The largest absolute Gasteiger partial charge is 0.430 e. The van der Waals surface area contributed by atoms with E-state index in [1.165, 1.54) is 14.0 Å². The predicted molar refractivity (Wildman–Crippen MR) is 74.7 cm³/mol. The first-order valence-electron chi connectivity index (χ1n) is 6.75. The molecule has 2 amide bonds. The number of nitrogens with zero attached hydrogens (tertiary/aromatic N) is 1. The second-order valence-corrected chi connectivity index (χ2v) is 5.10. The van der Waals surface area contributed by atoms with E-state index in [-0.39, 0.29) is 11.3 Å². The summed E-state index contributed by atoms with van der Waals surface area (Å²) in [6, 6.07) is 1.41. The number of halogens is 6. The molecule has 0 atom stereocenters. The van der Waals surface area contributed by atoms with Gasteiger partial charge < -0.3 is 10.4 Å². The molecule has 0 saturated carbocycles. The van der Waals surface area contributed by atoms with Gasteiger partial charge in [-0.1, -0.05) is 12.1 Å². The summed E-state index contributed by atoms with van der Waals surface area (Å²) in [5, 5.41) is 11.8. The van der Waals surface area contributed by atoms with Crippen LogP contribution in [0.4, 0.5) is 36.8 Å². The van der Waals surface area contributed by atoms with Crippen LogP contribution in [0.3, 0.4) is 0 Å². The highest BCUT2D eigenvalue weighted by molar-refractivity contribution is 5.92. The maximum absolute atomic E-state index is 12.9. The van der Waals surface area contributed by atoms with E-state index in [0.717, 1.165) is 11.0 Å². The Morgan fingerprint density at radius 2 is 1.67 bits per heavy atom. The molecule has 0 radical (unpaired) electrons. The second kappa shape index (κ2) is 6.50. The number of rotatable bonds is 3. The lowest BCUT2D eigenvalue weighted by Crippen LogP contribution is -2.54. The Kier molecular flexibility index (Phi) is 5.44. The number of nitrogens with one attached hydrogen (secondary N) is 1.